The predicted molar refractivity (Wildman–Crippen MR) is 167 cm³/mol. The fourth-order valence-electron chi connectivity index (χ4n) is 8.20. The molecule has 1 saturated carbocycles. The number of carboxylic acid groups (broad SMARTS) is 1. The molecule has 4 aliphatic rings. The van der Waals surface area contributed by atoms with E-state index < -0.39 is 70.4 Å². The number of carbonyl (C=O) groups excluding carboxylic acids is 4. The number of phenols is 1. The summed E-state index contributed by atoms with van der Waals surface area (Å²) in [7, 11) is 1.39. The summed E-state index contributed by atoms with van der Waals surface area (Å²) in [5.41, 5.74) is -0.384. The first-order valence-corrected chi connectivity index (χ1v) is 15.4. The third-order valence-corrected chi connectivity index (χ3v) is 10.6. The molecule has 0 unspecified atom stereocenters. The Kier molecular flexibility index (Phi) is 7.01. The van der Waals surface area contributed by atoms with E-state index >= 15 is 0 Å². The Morgan fingerprint density at radius 1 is 0.957 bits per heavy atom. The monoisotopic (exact) mass is 658 g/mol. The number of phenolic OH excluding ortho intramolecular Hbond substituents is 1. The number of ether oxygens (including phenoxy) is 1. The van der Waals surface area contributed by atoms with E-state index in [4.69, 9.17) is 16.3 Å². The number of amides is 4. The molecule has 0 spiro atoms. The number of anilines is 2. The molecule has 47 heavy (non-hydrogen) atoms. The number of imide groups is 2. The molecule has 4 amide bonds. The van der Waals surface area contributed by atoms with E-state index in [9.17, 15) is 38.6 Å². The second-order valence-electron chi connectivity index (χ2n) is 12.5. The van der Waals surface area contributed by atoms with E-state index in [1.165, 1.54) is 43.5 Å². The highest BCUT2D eigenvalue weighted by atomic mass is 35.5. The van der Waals surface area contributed by atoms with Crippen molar-refractivity contribution in [1.82, 2.24) is 0 Å². The van der Waals surface area contributed by atoms with Gasteiger partial charge in [-0.15, -0.1) is 0 Å². The molecule has 2 aliphatic carbocycles. The van der Waals surface area contributed by atoms with E-state index in [1.54, 1.807) is 25.1 Å². The highest BCUT2D eigenvalue weighted by Crippen LogP contribution is 2.65. The van der Waals surface area contributed by atoms with Crippen LogP contribution in [0.2, 0.25) is 5.02 Å². The number of fused-ring (bicyclic) bond motifs is 4. The van der Waals surface area contributed by atoms with E-state index in [0.29, 0.717) is 11.1 Å². The highest BCUT2D eigenvalue weighted by molar-refractivity contribution is 6.32. The molecule has 2 aliphatic heterocycles. The minimum atomic E-state index is -1.46. The number of rotatable bonds is 5. The number of carboxylic acids is 1. The van der Waals surface area contributed by atoms with Crippen LogP contribution in [0.15, 0.2) is 72.3 Å². The van der Waals surface area contributed by atoms with Crippen molar-refractivity contribution in [3.05, 3.63) is 94.3 Å². The number of aromatic hydroxyl groups is 1. The van der Waals surface area contributed by atoms with Crippen molar-refractivity contribution in [3.63, 3.8) is 0 Å². The van der Waals surface area contributed by atoms with Gasteiger partial charge in [0, 0.05) is 11.5 Å². The van der Waals surface area contributed by atoms with Crippen molar-refractivity contribution in [2.24, 2.45) is 29.1 Å². The van der Waals surface area contributed by atoms with Gasteiger partial charge in [-0.05, 0) is 68.1 Å². The molecule has 0 aromatic heterocycles. The van der Waals surface area contributed by atoms with Crippen LogP contribution in [0.5, 0.6) is 11.5 Å². The van der Waals surface area contributed by atoms with Crippen LogP contribution in [0.4, 0.5) is 15.8 Å². The smallest absolute Gasteiger partial charge is 0.335 e. The van der Waals surface area contributed by atoms with Gasteiger partial charge in [-0.3, -0.25) is 24.1 Å². The van der Waals surface area contributed by atoms with Crippen LogP contribution in [0.25, 0.3) is 0 Å². The Hall–Kier alpha value is -5.03. The average Bonchev–Trinajstić information content (AvgIpc) is 3.42. The van der Waals surface area contributed by atoms with Crippen LogP contribution in [0, 0.1) is 34.9 Å². The van der Waals surface area contributed by atoms with Crippen LogP contribution in [0.3, 0.4) is 0 Å². The minimum absolute atomic E-state index is 0.0444. The molecule has 7 rings (SSSR count). The highest BCUT2D eigenvalue weighted by Gasteiger charge is 2.68. The number of benzene rings is 3. The molecule has 2 heterocycles. The summed E-state index contributed by atoms with van der Waals surface area (Å²) < 4.78 is 19.5. The van der Waals surface area contributed by atoms with Crippen LogP contribution < -0.4 is 14.5 Å². The van der Waals surface area contributed by atoms with Gasteiger partial charge in [0.25, 0.3) is 0 Å². The van der Waals surface area contributed by atoms with Gasteiger partial charge in [-0.25, -0.2) is 14.1 Å². The summed E-state index contributed by atoms with van der Waals surface area (Å²) >= 11 is 6.05. The number of nitrogens with zero attached hydrogens (tertiary/aromatic N) is 2. The summed E-state index contributed by atoms with van der Waals surface area (Å²) in [4.78, 5) is 70.5. The summed E-state index contributed by atoms with van der Waals surface area (Å²) in [6.07, 6.45) is 2.02. The first-order chi connectivity index (χ1) is 22.4. The van der Waals surface area contributed by atoms with E-state index in [2.05, 4.69) is 0 Å². The molecule has 0 bridgehead atoms. The van der Waals surface area contributed by atoms with Crippen LogP contribution in [-0.2, 0) is 19.2 Å². The third kappa shape index (κ3) is 4.25. The first kappa shape index (κ1) is 30.6. The molecule has 6 atom stereocenters. The number of hydrogen-bond acceptors (Lipinski definition) is 7. The maximum absolute atomic E-state index is 14.5. The topological polar surface area (TPSA) is 142 Å². The lowest BCUT2D eigenvalue weighted by atomic mass is 9.51. The van der Waals surface area contributed by atoms with Crippen LogP contribution in [-0.4, -0.2) is 46.9 Å². The van der Waals surface area contributed by atoms with Crippen molar-refractivity contribution >= 4 is 52.6 Å². The molecular weight excluding hydrogens is 631 g/mol. The Morgan fingerprint density at radius 2 is 1.68 bits per heavy atom. The van der Waals surface area contributed by atoms with Crippen molar-refractivity contribution < 1.29 is 43.3 Å². The fourth-order valence-corrected chi connectivity index (χ4v) is 8.37. The normalized spacial score (nSPS) is 28.2. The lowest BCUT2D eigenvalue weighted by Crippen LogP contribution is -2.48. The van der Waals surface area contributed by atoms with Crippen molar-refractivity contribution in [2.75, 3.05) is 16.9 Å². The van der Waals surface area contributed by atoms with Crippen molar-refractivity contribution in [1.29, 1.82) is 0 Å². The first-order valence-electron chi connectivity index (χ1n) is 15.0. The standard InChI is InChI=1S/C35H28ClFN2O8/c1-35-23(31(42)39(34(35)46)18-9-12-25(37)24(36)14-18)15-22-19(28(35)21-7-4-8-26(47-2)29(21)40)10-11-20-27(22)32(43)38(30(20)41)17-6-3-5-16(13-17)33(44)45/h3-10,12-14,20,22-23,27-28,40H,11,15H2,1-2H3,(H,44,45)/t20-,22+,23-,27-,28+,35+/m0/s1. The molecule has 0 radical (unpaired) electrons. The van der Waals surface area contributed by atoms with E-state index in [1.807, 2.05) is 6.08 Å². The van der Waals surface area contributed by atoms with E-state index in [0.717, 1.165) is 15.9 Å². The van der Waals surface area contributed by atoms with E-state index in [-0.39, 0.29) is 46.3 Å². The number of carbonyl (C=O) groups is 5. The number of hydrogen-bond donors (Lipinski definition) is 2. The number of halogens is 2. The molecule has 3 aromatic rings. The van der Waals surface area contributed by atoms with Crippen LogP contribution in [0.1, 0.15) is 41.6 Å². The molecular formula is C35H28ClFN2O8. The van der Waals surface area contributed by atoms with Gasteiger partial charge < -0.3 is 14.9 Å². The second kappa shape index (κ2) is 10.8. The summed E-state index contributed by atoms with van der Waals surface area (Å²) in [6.45, 7) is 1.65. The maximum atomic E-state index is 14.5. The quantitative estimate of drug-likeness (QED) is 0.277. The zero-order valence-corrected chi connectivity index (χ0v) is 25.9. The predicted octanol–water partition coefficient (Wildman–Crippen LogP) is 5.33. The lowest BCUT2D eigenvalue weighted by Gasteiger charge is -2.49. The Bertz CT molecular complexity index is 1960. The SMILES string of the molecule is COc1cccc([C@H]2C3=CC[C@@H]4C(=O)N(c5cccc(C(=O)O)c5)C(=O)[C@@H]4[C@@H]3C[C@H]3C(=O)N(c4ccc(F)c(Cl)c4)C(=O)[C@@]23C)c1O. The number of aromatic carboxylic acids is 1. The molecule has 2 N–H and O–H groups in total. The molecule has 10 nitrogen and oxygen atoms in total. The lowest BCUT2D eigenvalue weighted by molar-refractivity contribution is -0.131. The number of methoxy groups -OCH3 is 1. The second-order valence-corrected chi connectivity index (χ2v) is 12.9. The van der Waals surface area contributed by atoms with Gasteiger partial charge in [0.2, 0.25) is 23.6 Å². The maximum Gasteiger partial charge on any atom is 0.335 e. The van der Waals surface area contributed by atoms with Crippen molar-refractivity contribution in [2.45, 2.75) is 25.7 Å². The summed E-state index contributed by atoms with van der Waals surface area (Å²) in [6, 6.07) is 14.0. The number of para-hydroxylation sites is 1. The molecule has 240 valence electrons. The minimum Gasteiger partial charge on any atom is -0.504 e. The summed E-state index contributed by atoms with van der Waals surface area (Å²) in [5.74, 6) is -8.46. The molecule has 3 fully saturated rings. The van der Waals surface area contributed by atoms with Gasteiger partial charge in [0.1, 0.15) is 5.82 Å². The largest absolute Gasteiger partial charge is 0.504 e. The summed E-state index contributed by atoms with van der Waals surface area (Å²) in [5, 5.41) is 20.7. The van der Waals surface area contributed by atoms with Gasteiger partial charge in [0.15, 0.2) is 11.5 Å². The Labute approximate surface area is 273 Å². The number of allylic oxidation sites excluding steroid dienone is 2. The zero-order chi connectivity index (χ0) is 33.5. The Balaban J connectivity index is 1.38. The molecule has 2 saturated heterocycles. The van der Waals surface area contributed by atoms with Crippen LogP contribution >= 0.6 is 11.6 Å². The third-order valence-electron chi connectivity index (χ3n) is 10.3. The fraction of sp³-hybridized carbons (Fsp3) is 0.286. The van der Waals surface area contributed by atoms with Crippen molar-refractivity contribution in [3.8, 4) is 11.5 Å². The van der Waals surface area contributed by atoms with Gasteiger partial charge in [0.05, 0.1) is 52.2 Å². The average molecular weight is 659 g/mol. The van der Waals surface area contributed by atoms with Gasteiger partial charge in [-0.2, -0.15) is 0 Å². The zero-order valence-electron chi connectivity index (χ0n) is 25.1. The Morgan fingerprint density at radius 3 is 2.38 bits per heavy atom. The molecule has 3 aromatic carbocycles. The van der Waals surface area contributed by atoms with Gasteiger partial charge in [-0.1, -0.05) is 41.4 Å². The molecule has 12 heteroatoms. The van der Waals surface area contributed by atoms with Gasteiger partial charge >= 0.3 is 5.97 Å².